The Balaban J connectivity index is 4.14. The topological polar surface area (TPSA) is 78.4 Å². The number of amides is 2. The number of carbonyl (C=O) groups excluding carboxylic acids is 1. The van der Waals surface area contributed by atoms with Crippen LogP contribution in [0.3, 0.4) is 0 Å². The normalized spacial score (nSPS) is 13.2. The van der Waals surface area contributed by atoms with Crippen molar-refractivity contribution in [1.82, 2.24) is 10.6 Å². The molecule has 0 aliphatic rings. The van der Waals surface area contributed by atoms with Crippen molar-refractivity contribution in [3.05, 3.63) is 0 Å². The summed E-state index contributed by atoms with van der Waals surface area (Å²) in [5.74, 6) is -0.441. The van der Waals surface area contributed by atoms with Gasteiger partial charge in [-0.25, -0.2) is 4.79 Å². The number of urea groups is 1. The first-order chi connectivity index (χ1) is 8.19. The molecule has 1 atom stereocenters. The van der Waals surface area contributed by atoms with Gasteiger partial charge in [-0.3, -0.25) is 4.79 Å². The van der Waals surface area contributed by atoms with E-state index in [-0.39, 0.29) is 23.9 Å². The fourth-order valence-corrected chi connectivity index (χ4v) is 1.26. The zero-order chi connectivity index (χ0) is 14.3. The van der Waals surface area contributed by atoms with E-state index in [9.17, 15) is 9.59 Å². The third kappa shape index (κ3) is 6.47. The van der Waals surface area contributed by atoms with E-state index in [2.05, 4.69) is 38.3 Å². The first kappa shape index (κ1) is 16.7. The summed E-state index contributed by atoms with van der Waals surface area (Å²) >= 11 is 0. The molecule has 1 unspecified atom stereocenters. The Hall–Kier alpha value is -1.26. The summed E-state index contributed by atoms with van der Waals surface area (Å²) < 4.78 is 0. The molecule has 18 heavy (non-hydrogen) atoms. The predicted octanol–water partition coefficient (Wildman–Crippen LogP) is 2.22. The van der Waals surface area contributed by atoms with Crippen molar-refractivity contribution < 1.29 is 14.7 Å². The van der Waals surface area contributed by atoms with Crippen LogP contribution in [-0.2, 0) is 4.79 Å². The van der Waals surface area contributed by atoms with E-state index in [0.29, 0.717) is 18.9 Å². The molecule has 3 N–H and O–H groups in total. The van der Waals surface area contributed by atoms with Gasteiger partial charge in [0, 0.05) is 12.6 Å². The minimum Gasteiger partial charge on any atom is -0.481 e. The highest BCUT2D eigenvalue weighted by atomic mass is 16.4. The summed E-state index contributed by atoms with van der Waals surface area (Å²) in [7, 11) is 0. The fourth-order valence-electron chi connectivity index (χ4n) is 1.26. The Morgan fingerprint density at radius 2 is 1.83 bits per heavy atom. The molecule has 5 heteroatoms. The molecule has 5 nitrogen and oxygen atoms in total. The second-order valence-corrected chi connectivity index (χ2v) is 5.67. The van der Waals surface area contributed by atoms with Crippen LogP contribution in [0.1, 0.15) is 47.5 Å². The van der Waals surface area contributed by atoms with Gasteiger partial charge in [-0.2, -0.15) is 0 Å². The SMILES string of the molecule is CCC(CC(=O)O)NC(=O)NCC(C)(C)C(C)C. The zero-order valence-corrected chi connectivity index (χ0v) is 12.0. The van der Waals surface area contributed by atoms with Gasteiger partial charge in [-0.15, -0.1) is 0 Å². The molecule has 0 aliphatic heterocycles. The average molecular weight is 258 g/mol. The molecular weight excluding hydrogens is 232 g/mol. The number of carbonyl (C=O) groups is 2. The lowest BCUT2D eigenvalue weighted by Crippen LogP contribution is -2.46. The Morgan fingerprint density at radius 3 is 2.22 bits per heavy atom. The molecule has 0 radical (unpaired) electrons. The van der Waals surface area contributed by atoms with Gasteiger partial charge in [0.15, 0.2) is 0 Å². The maximum Gasteiger partial charge on any atom is 0.315 e. The van der Waals surface area contributed by atoms with Gasteiger partial charge < -0.3 is 15.7 Å². The summed E-state index contributed by atoms with van der Waals surface area (Å²) in [6.07, 6.45) is 0.560. The summed E-state index contributed by atoms with van der Waals surface area (Å²) in [6.45, 7) is 10.8. The average Bonchev–Trinajstić information content (AvgIpc) is 2.24. The van der Waals surface area contributed by atoms with Gasteiger partial charge in [0.2, 0.25) is 0 Å². The fraction of sp³-hybridized carbons (Fsp3) is 0.846. The molecule has 0 aromatic rings. The number of hydrogen-bond acceptors (Lipinski definition) is 2. The van der Waals surface area contributed by atoms with Gasteiger partial charge >= 0.3 is 12.0 Å². The molecule has 0 spiro atoms. The van der Waals surface area contributed by atoms with Crippen LogP contribution in [0.4, 0.5) is 4.79 Å². The highest BCUT2D eigenvalue weighted by Gasteiger charge is 2.23. The predicted molar refractivity (Wildman–Crippen MR) is 71.5 cm³/mol. The van der Waals surface area contributed by atoms with Crippen molar-refractivity contribution in [2.45, 2.75) is 53.5 Å². The standard InChI is InChI=1S/C13H26N2O3/c1-6-10(7-11(16)17)15-12(18)14-8-13(4,5)9(2)3/h9-10H,6-8H2,1-5H3,(H,16,17)(H2,14,15,18). The van der Waals surface area contributed by atoms with Crippen LogP contribution >= 0.6 is 0 Å². The van der Waals surface area contributed by atoms with Crippen LogP contribution in [-0.4, -0.2) is 29.7 Å². The van der Waals surface area contributed by atoms with Crippen molar-refractivity contribution in [3.8, 4) is 0 Å². The number of carboxylic acid groups (broad SMARTS) is 1. The lowest BCUT2D eigenvalue weighted by molar-refractivity contribution is -0.137. The monoisotopic (exact) mass is 258 g/mol. The van der Waals surface area contributed by atoms with Crippen molar-refractivity contribution >= 4 is 12.0 Å². The Morgan fingerprint density at radius 1 is 1.28 bits per heavy atom. The van der Waals surface area contributed by atoms with E-state index in [1.54, 1.807) is 0 Å². The number of aliphatic carboxylic acids is 1. The first-order valence-electron chi connectivity index (χ1n) is 6.45. The maximum absolute atomic E-state index is 11.6. The summed E-state index contributed by atoms with van der Waals surface area (Å²) in [5, 5.41) is 14.2. The lowest BCUT2D eigenvalue weighted by Gasteiger charge is -2.29. The second kappa shape index (κ2) is 7.24. The van der Waals surface area contributed by atoms with Crippen LogP contribution in [0.15, 0.2) is 0 Å². The van der Waals surface area contributed by atoms with Gasteiger partial charge in [-0.1, -0.05) is 34.6 Å². The quantitative estimate of drug-likeness (QED) is 0.655. The zero-order valence-electron chi connectivity index (χ0n) is 12.0. The first-order valence-corrected chi connectivity index (χ1v) is 6.45. The van der Waals surface area contributed by atoms with Crippen molar-refractivity contribution in [1.29, 1.82) is 0 Å². The van der Waals surface area contributed by atoms with E-state index in [4.69, 9.17) is 5.11 Å². The molecule has 0 rings (SSSR count). The maximum atomic E-state index is 11.6. The van der Waals surface area contributed by atoms with Crippen molar-refractivity contribution in [2.24, 2.45) is 11.3 Å². The molecule has 0 aromatic carbocycles. The van der Waals surface area contributed by atoms with Crippen LogP contribution < -0.4 is 10.6 Å². The molecule has 0 heterocycles. The molecule has 106 valence electrons. The third-order valence-corrected chi connectivity index (χ3v) is 3.52. The molecule has 0 aliphatic carbocycles. The third-order valence-electron chi connectivity index (χ3n) is 3.52. The summed E-state index contributed by atoms with van der Waals surface area (Å²) in [4.78, 5) is 22.2. The Labute approximate surface area is 109 Å². The second-order valence-electron chi connectivity index (χ2n) is 5.67. The molecular formula is C13H26N2O3. The van der Waals surface area contributed by atoms with Gasteiger partial charge in [-0.05, 0) is 17.8 Å². The number of rotatable bonds is 7. The van der Waals surface area contributed by atoms with Crippen LogP contribution in [0.25, 0.3) is 0 Å². The van der Waals surface area contributed by atoms with E-state index in [1.165, 1.54) is 0 Å². The van der Waals surface area contributed by atoms with E-state index in [0.717, 1.165) is 0 Å². The lowest BCUT2D eigenvalue weighted by atomic mass is 9.81. The molecule has 0 fully saturated rings. The minimum atomic E-state index is -0.898. The van der Waals surface area contributed by atoms with E-state index >= 15 is 0 Å². The molecule has 0 bridgehead atoms. The number of hydrogen-bond donors (Lipinski definition) is 3. The number of carboxylic acids is 1. The molecule has 0 aromatic heterocycles. The molecule has 2 amide bonds. The van der Waals surface area contributed by atoms with Gasteiger partial charge in [0.25, 0.3) is 0 Å². The Kier molecular flexibility index (Phi) is 6.73. The van der Waals surface area contributed by atoms with E-state index in [1.807, 2.05) is 6.92 Å². The summed E-state index contributed by atoms with van der Waals surface area (Å²) in [6, 6.07) is -0.610. The highest BCUT2D eigenvalue weighted by molar-refractivity contribution is 5.75. The highest BCUT2D eigenvalue weighted by Crippen LogP contribution is 2.24. The minimum absolute atomic E-state index is 0.0197. The van der Waals surface area contributed by atoms with Crippen LogP contribution in [0, 0.1) is 11.3 Å². The molecule has 0 saturated carbocycles. The van der Waals surface area contributed by atoms with Crippen molar-refractivity contribution in [2.75, 3.05) is 6.54 Å². The smallest absolute Gasteiger partial charge is 0.315 e. The Bertz CT molecular complexity index is 288. The van der Waals surface area contributed by atoms with Gasteiger partial charge in [0.1, 0.15) is 0 Å². The number of nitrogens with one attached hydrogen (secondary N) is 2. The van der Waals surface area contributed by atoms with Gasteiger partial charge in [0.05, 0.1) is 6.42 Å². The molecule has 0 saturated heterocycles. The summed E-state index contributed by atoms with van der Waals surface area (Å²) in [5.41, 5.74) is 0.0197. The van der Waals surface area contributed by atoms with Crippen LogP contribution in [0.5, 0.6) is 0 Å². The van der Waals surface area contributed by atoms with Crippen molar-refractivity contribution in [3.63, 3.8) is 0 Å². The van der Waals surface area contributed by atoms with E-state index < -0.39 is 5.97 Å². The largest absolute Gasteiger partial charge is 0.481 e. The van der Waals surface area contributed by atoms with Crippen LogP contribution in [0.2, 0.25) is 0 Å².